The van der Waals surface area contributed by atoms with Gasteiger partial charge in [-0.3, -0.25) is 32.5 Å². The average molecular weight is 1570 g/mol. The number of hydrogen-bond acceptors (Lipinski definition) is 14. The predicted octanol–water partition coefficient (Wildman–Crippen LogP) is 25.8. The van der Waals surface area contributed by atoms with E-state index in [1.807, 2.05) is 0 Å². The Morgan fingerprint density at radius 2 is 0.486 bits per heavy atom. The first kappa shape index (κ1) is 104. The molecule has 0 aliphatic carbocycles. The van der Waals surface area contributed by atoms with Crippen LogP contribution in [0, 0.1) is 0 Å². The molecule has 5 atom stereocenters. The quantitative estimate of drug-likeness (QED) is 0.0146. The van der Waals surface area contributed by atoms with Crippen LogP contribution in [0.4, 0.5) is 0 Å². The largest absolute Gasteiger partial charge is 0.472 e. The molecule has 0 saturated heterocycles. The Labute approximate surface area is 663 Å². The van der Waals surface area contributed by atoms with Crippen LogP contribution < -0.4 is 0 Å². The van der Waals surface area contributed by atoms with E-state index in [-0.39, 0.29) is 19.3 Å². The Hall–Kier alpha value is -4.83. The van der Waals surface area contributed by atoms with Gasteiger partial charge in [0.2, 0.25) is 0 Å². The maximum Gasteiger partial charge on any atom is 0.472 e. The van der Waals surface area contributed by atoms with Crippen molar-refractivity contribution in [3.8, 4) is 0 Å². The number of allylic oxidation sites excluding steroid dienone is 26. The molecule has 0 radical (unpaired) electrons. The molecule has 0 aromatic rings. The summed E-state index contributed by atoms with van der Waals surface area (Å²) in [5.41, 5.74) is 0. The number of ether oxygens (including phenoxy) is 3. The molecule has 16 nitrogen and oxygen atoms in total. The fraction of sp³-hybridized carbons (Fsp3) is 0.681. The van der Waals surface area contributed by atoms with Crippen LogP contribution in [0.1, 0.15) is 342 Å². The number of unbranched alkanes of at least 4 members (excludes halogenated alkanes) is 31. The van der Waals surface area contributed by atoms with Gasteiger partial charge in [0, 0.05) is 19.3 Å². The van der Waals surface area contributed by atoms with Crippen LogP contribution in [0.5, 0.6) is 0 Å². The average Bonchev–Trinajstić information content (AvgIpc) is 0.905. The van der Waals surface area contributed by atoms with Crippen molar-refractivity contribution in [1.29, 1.82) is 0 Å². The van der Waals surface area contributed by atoms with Crippen LogP contribution in [0.3, 0.4) is 0 Å². The molecule has 0 aromatic heterocycles. The summed E-state index contributed by atoms with van der Waals surface area (Å²) < 4.78 is 61.2. The normalized spacial score (nSPS) is 14.7. The van der Waals surface area contributed by atoms with Gasteiger partial charge in [-0.1, -0.05) is 333 Å². The first-order valence-electron chi connectivity index (χ1n) is 42.8. The first-order chi connectivity index (χ1) is 53.2. The minimum Gasteiger partial charge on any atom is -0.463 e. The molecule has 0 amide bonds. The lowest BCUT2D eigenvalue weighted by molar-refractivity contribution is -0.161. The van der Waals surface area contributed by atoms with Crippen LogP contribution in [-0.2, 0) is 55.8 Å². The Bertz CT molecular complexity index is 2610. The first-order valence-corrected chi connectivity index (χ1v) is 45.8. The van der Waals surface area contributed by atoms with E-state index in [4.69, 9.17) is 32.3 Å². The topological polar surface area (TPSA) is 231 Å². The Kier molecular flexibility index (Phi) is 79.0. The number of rotatable bonds is 80. The molecule has 0 saturated carbocycles. The van der Waals surface area contributed by atoms with E-state index in [2.05, 4.69) is 179 Å². The predicted molar refractivity (Wildman–Crippen MR) is 454 cm³/mol. The molecule has 0 fully saturated rings. The highest BCUT2D eigenvalue weighted by atomic mass is 31.2. The summed E-state index contributed by atoms with van der Waals surface area (Å²) >= 11 is 0. The number of aliphatic hydroxyl groups excluding tert-OH is 2. The molecule has 0 aliphatic heterocycles. The van der Waals surface area contributed by atoms with Crippen molar-refractivity contribution in [2.24, 2.45) is 0 Å². The van der Waals surface area contributed by atoms with E-state index in [0.717, 1.165) is 173 Å². The number of aliphatic hydroxyl groups is 2. The van der Waals surface area contributed by atoms with Crippen molar-refractivity contribution < 1.29 is 75.8 Å². The van der Waals surface area contributed by atoms with Crippen molar-refractivity contribution in [2.75, 3.05) is 39.6 Å². The maximum atomic E-state index is 13.0. The molecule has 0 heterocycles. The van der Waals surface area contributed by atoms with Gasteiger partial charge in [-0.2, -0.15) is 0 Å². The number of esters is 3. The number of carbonyl (C=O) groups is 3. The number of phosphoric acid groups is 2. The zero-order chi connectivity index (χ0) is 79.4. The number of carbonyl (C=O) groups excluding carboxylic acids is 3. The highest BCUT2D eigenvalue weighted by Crippen LogP contribution is 2.45. The van der Waals surface area contributed by atoms with Gasteiger partial charge in [0.25, 0.3) is 0 Å². The second kappa shape index (κ2) is 82.6. The molecule has 109 heavy (non-hydrogen) atoms. The molecule has 0 aliphatic rings. The summed E-state index contributed by atoms with van der Waals surface area (Å²) in [5.74, 6) is -1.60. The van der Waals surface area contributed by atoms with Crippen LogP contribution in [0.15, 0.2) is 158 Å². The van der Waals surface area contributed by atoms with Crippen molar-refractivity contribution in [3.05, 3.63) is 158 Å². The molecule has 624 valence electrons. The minimum atomic E-state index is -4.94. The van der Waals surface area contributed by atoms with Crippen molar-refractivity contribution in [2.45, 2.75) is 360 Å². The van der Waals surface area contributed by atoms with Gasteiger partial charge >= 0.3 is 33.6 Å². The fourth-order valence-corrected chi connectivity index (χ4v) is 12.9. The summed E-state index contributed by atoms with van der Waals surface area (Å²) in [6.07, 6.45) is 104. The third-order valence-electron chi connectivity index (χ3n) is 17.7. The lowest BCUT2D eigenvalue weighted by atomic mass is 10.0. The van der Waals surface area contributed by atoms with Gasteiger partial charge in [-0.15, -0.1) is 0 Å². The van der Waals surface area contributed by atoms with Gasteiger partial charge in [0.05, 0.1) is 26.4 Å². The lowest BCUT2D eigenvalue weighted by Crippen LogP contribution is -2.30. The maximum absolute atomic E-state index is 13.0. The lowest BCUT2D eigenvalue weighted by Gasteiger charge is -2.21. The molecule has 5 unspecified atom stereocenters. The zero-order valence-electron chi connectivity index (χ0n) is 68.4. The molecule has 4 N–H and O–H groups in total. The van der Waals surface area contributed by atoms with Gasteiger partial charge in [0.1, 0.15) is 25.4 Å². The van der Waals surface area contributed by atoms with E-state index < -0.39 is 91.5 Å². The Morgan fingerprint density at radius 1 is 0.266 bits per heavy atom. The van der Waals surface area contributed by atoms with Gasteiger partial charge in [-0.05, 0) is 148 Å². The summed E-state index contributed by atoms with van der Waals surface area (Å²) in [6, 6.07) is 0. The third-order valence-corrected chi connectivity index (χ3v) is 19.6. The smallest absolute Gasteiger partial charge is 0.463 e. The fourth-order valence-electron chi connectivity index (χ4n) is 11.3. The van der Waals surface area contributed by atoms with Gasteiger partial charge in [-0.25, -0.2) is 9.13 Å². The molecule has 0 aromatic carbocycles. The molecule has 0 bridgehead atoms. The molecular formula is C91H154O16P2. The minimum absolute atomic E-state index is 0.0880. The third kappa shape index (κ3) is 83.9. The van der Waals surface area contributed by atoms with E-state index in [0.29, 0.717) is 19.3 Å². The van der Waals surface area contributed by atoms with Gasteiger partial charge in [0.15, 0.2) is 6.10 Å². The monoisotopic (exact) mass is 1570 g/mol. The molecule has 0 rings (SSSR count). The van der Waals surface area contributed by atoms with Crippen LogP contribution >= 0.6 is 15.6 Å². The number of phosphoric ester groups is 2. The van der Waals surface area contributed by atoms with E-state index >= 15 is 0 Å². The second-order valence-electron chi connectivity index (χ2n) is 28.2. The van der Waals surface area contributed by atoms with Crippen LogP contribution in [0.25, 0.3) is 0 Å². The van der Waals surface area contributed by atoms with Crippen molar-refractivity contribution in [3.63, 3.8) is 0 Å². The van der Waals surface area contributed by atoms with Crippen LogP contribution in [-0.4, -0.2) is 95.9 Å². The number of hydrogen-bond donors (Lipinski definition) is 4. The van der Waals surface area contributed by atoms with E-state index in [1.54, 1.807) is 0 Å². The summed E-state index contributed by atoms with van der Waals surface area (Å²) in [5, 5.41) is 20.7. The Morgan fingerprint density at radius 3 is 0.780 bits per heavy atom. The SMILES string of the molecule is CC/C=C\C/C=C\C/C=C\C/C=C\C/C=C\C/C=C\CCCCCCCCCCCCCCCCCCC(=O)OCC(O)COP(=O)(O)OCC(O)COP(=O)(O)OCC(COC(=O)CCCCCCCC/C=C\C/C=C\C/C=C\C/C=C\C/C=C\C/C=C\CC)OC(=O)CCCCCCC/C=C\CCCCCC. The summed E-state index contributed by atoms with van der Waals surface area (Å²) in [6.45, 7) is 2.43. The second-order valence-corrected chi connectivity index (χ2v) is 31.1. The highest BCUT2D eigenvalue weighted by Gasteiger charge is 2.29. The van der Waals surface area contributed by atoms with Crippen molar-refractivity contribution in [1.82, 2.24) is 0 Å². The van der Waals surface area contributed by atoms with Gasteiger partial charge < -0.3 is 34.2 Å². The highest BCUT2D eigenvalue weighted by molar-refractivity contribution is 7.47. The Balaban J connectivity index is 4.43. The molecule has 18 heteroatoms. The van der Waals surface area contributed by atoms with Crippen LogP contribution in [0.2, 0.25) is 0 Å². The van der Waals surface area contributed by atoms with E-state index in [1.165, 1.54) is 109 Å². The summed E-state index contributed by atoms with van der Waals surface area (Å²) in [4.78, 5) is 58.7. The summed E-state index contributed by atoms with van der Waals surface area (Å²) in [7, 11) is -9.80. The van der Waals surface area contributed by atoms with Crippen molar-refractivity contribution >= 4 is 33.6 Å². The standard InChI is InChI=1S/C91H154O16P2/c1-4-7-10-13-16-19-22-25-27-29-31-33-35-37-38-39-40-41-42-43-44-45-46-48-50-51-53-55-57-60-62-65-68-71-74-77-89(94)101-80-86(92)81-103-108(97,98)104-82-87(93)83-105-109(99,100)106-85-88(107-91(96)79-76-73-70-67-64-59-24-21-18-15-12-9-6-3)84-102-90(95)78-75-72-69-66-63-61-58-56-54-52-49-47-36-34-32-30-28-26-23-20-17-14-11-8-5-2/h7-8,10-11,16-17,19-21,24-28,31-34,37-38,40-41,47,49,54,56,86-88,92-93H,4-6,9,12-15,18,22-23,29-30,35-36,39,42-46,48,50-53,55,57-85H2,1-3H3,(H,97,98)(H,99,100)/b10-7-,11-8-,19-16-,20-17-,24-21-,27-25-,28-26-,33-31-,34-32-,38-37-,41-40-,49-47-,56-54-. The zero-order valence-corrected chi connectivity index (χ0v) is 70.2. The van der Waals surface area contributed by atoms with E-state index in [9.17, 15) is 43.5 Å². The molecule has 0 spiro atoms. The molecular weight excluding hydrogens is 1410 g/mol.